The van der Waals surface area contributed by atoms with Gasteiger partial charge in [0.2, 0.25) is 5.95 Å². The highest BCUT2D eigenvalue weighted by atomic mass is 15.1. The summed E-state index contributed by atoms with van der Waals surface area (Å²) in [7, 11) is 3.77. The van der Waals surface area contributed by atoms with Crippen LogP contribution in [-0.4, -0.2) is 33.1 Å². The van der Waals surface area contributed by atoms with Gasteiger partial charge in [0, 0.05) is 45.5 Å². The van der Waals surface area contributed by atoms with Gasteiger partial charge in [0.15, 0.2) is 0 Å². The van der Waals surface area contributed by atoms with Crippen LogP contribution >= 0.6 is 0 Å². The molecule has 0 spiro atoms. The highest BCUT2D eigenvalue weighted by molar-refractivity contribution is 5.50. The Morgan fingerprint density at radius 1 is 1.33 bits per heavy atom. The Balaban J connectivity index is 1.94. The van der Waals surface area contributed by atoms with Crippen LogP contribution in [0, 0.1) is 0 Å². The standard InChI is InChI=1S/C11H17N7/c1-13-8-7-9(17-11(12)16-8)14-4-3-10-15-5-6-18(10)2/h5-7H,3-4H2,1-2H3,(H4,12,13,14,16,17). The molecule has 96 valence electrons. The molecule has 18 heavy (non-hydrogen) atoms. The Bertz CT molecular complexity index is 520. The van der Waals surface area contributed by atoms with Gasteiger partial charge in [0.1, 0.15) is 17.5 Å². The summed E-state index contributed by atoms with van der Waals surface area (Å²) in [5.74, 6) is 2.68. The van der Waals surface area contributed by atoms with Crippen molar-refractivity contribution in [3.05, 3.63) is 24.3 Å². The van der Waals surface area contributed by atoms with Crippen molar-refractivity contribution in [3.8, 4) is 0 Å². The molecule has 0 aliphatic heterocycles. The van der Waals surface area contributed by atoms with Gasteiger partial charge >= 0.3 is 0 Å². The molecule has 0 aliphatic carbocycles. The first-order valence-corrected chi connectivity index (χ1v) is 5.71. The Morgan fingerprint density at radius 3 is 2.78 bits per heavy atom. The number of nitrogen functional groups attached to an aromatic ring is 1. The number of anilines is 3. The van der Waals surface area contributed by atoms with Crippen molar-refractivity contribution < 1.29 is 0 Å². The predicted molar refractivity (Wildman–Crippen MR) is 71.4 cm³/mol. The first-order chi connectivity index (χ1) is 8.69. The second-order valence-corrected chi connectivity index (χ2v) is 3.88. The quantitative estimate of drug-likeness (QED) is 0.712. The molecule has 0 saturated carbocycles. The number of hydrogen-bond donors (Lipinski definition) is 3. The van der Waals surface area contributed by atoms with Crippen molar-refractivity contribution in [3.63, 3.8) is 0 Å². The average molecular weight is 247 g/mol. The number of nitrogens with one attached hydrogen (secondary N) is 2. The fourth-order valence-corrected chi connectivity index (χ4v) is 1.62. The largest absolute Gasteiger partial charge is 0.373 e. The lowest BCUT2D eigenvalue weighted by molar-refractivity contribution is 0.788. The second kappa shape index (κ2) is 5.35. The van der Waals surface area contributed by atoms with Gasteiger partial charge < -0.3 is 20.9 Å². The molecule has 7 nitrogen and oxygen atoms in total. The minimum atomic E-state index is 0.251. The van der Waals surface area contributed by atoms with Crippen LogP contribution in [0.2, 0.25) is 0 Å². The van der Waals surface area contributed by atoms with Gasteiger partial charge in [-0.15, -0.1) is 0 Å². The Kier molecular flexibility index (Phi) is 3.61. The van der Waals surface area contributed by atoms with E-state index >= 15 is 0 Å². The molecule has 0 aliphatic rings. The highest BCUT2D eigenvalue weighted by Crippen LogP contribution is 2.11. The van der Waals surface area contributed by atoms with Gasteiger partial charge in [0.05, 0.1) is 0 Å². The fourth-order valence-electron chi connectivity index (χ4n) is 1.62. The maximum atomic E-state index is 5.61. The van der Waals surface area contributed by atoms with E-state index < -0.39 is 0 Å². The van der Waals surface area contributed by atoms with Gasteiger partial charge in [-0.2, -0.15) is 9.97 Å². The summed E-state index contributed by atoms with van der Waals surface area (Å²) in [5, 5.41) is 6.13. The van der Waals surface area contributed by atoms with E-state index in [9.17, 15) is 0 Å². The van der Waals surface area contributed by atoms with E-state index in [4.69, 9.17) is 5.73 Å². The van der Waals surface area contributed by atoms with Crippen LogP contribution < -0.4 is 16.4 Å². The summed E-state index contributed by atoms with van der Waals surface area (Å²) >= 11 is 0. The Morgan fingerprint density at radius 2 is 2.11 bits per heavy atom. The molecular weight excluding hydrogens is 230 g/mol. The van der Waals surface area contributed by atoms with Crippen LogP contribution in [0.25, 0.3) is 0 Å². The molecule has 0 unspecified atom stereocenters. The van der Waals surface area contributed by atoms with Gasteiger partial charge in [0.25, 0.3) is 0 Å². The zero-order valence-corrected chi connectivity index (χ0v) is 10.5. The topological polar surface area (TPSA) is 93.7 Å². The van der Waals surface area contributed by atoms with Crippen molar-refractivity contribution >= 4 is 17.6 Å². The molecule has 7 heteroatoms. The third-order valence-corrected chi connectivity index (χ3v) is 2.58. The minimum Gasteiger partial charge on any atom is -0.373 e. The first kappa shape index (κ1) is 12.2. The number of imidazole rings is 1. The molecule has 0 amide bonds. The van der Waals surface area contributed by atoms with E-state index in [1.165, 1.54) is 0 Å². The van der Waals surface area contributed by atoms with Crippen LogP contribution in [0.5, 0.6) is 0 Å². The molecule has 0 aromatic carbocycles. The molecule has 2 rings (SSSR count). The predicted octanol–water partition coefficient (Wildman–Crippen LogP) is 0.489. The van der Waals surface area contributed by atoms with E-state index in [0.717, 1.165) is 18.8 Å². The maximum Gasteiger partial charge on any atom is 0.223 e. The van der Waals surface area contributed by atoms with E-state index in [1.807, 2.05) is 23.9 Å². The van der Waals surface area contributed by atoms with Crippen LogP contribution in [0.4, 0.5) is 17.6 Å². The first-order valence-electron chi connectivity index (χ1n) is 5.71. The average Bonchev–Trinajstić information content (AvgIpc) is 2.74. The molecule has 2 aromatic rings. The number of aryl methyl sites for hydroxylation is 1. The molecule has 0 saturated heterocycles. The van der Waals surface area contributed by atoms with Gasteiger partial charge in [-0.25, -0.2) is 4.98 Å². The third-order valence-electron chi connectivity index (χ3n) is 2.58. The van der Waals surface area contributed by atoms with Crippen LogP contribution in [0.3, 0.4) is 0 Å². The molecular formula is C11H17N7. The highest BCUT2D eigenvalue weighted by Gasteiger charge is 2.02. The Hall–Kier alpha value is -2.31. The van der Waals surface area contributed by atoms with E-state index in [2.05, 4.69) is 25.6 Å². The van der Waals surface area contributed by atoms with E-state index in [1.54, 1.807) is 13.2 Å². The minimum absolute atomic E-state index is 0.251. The number of rotatable bonds is 5. The fraction of sp³-hybridized carbons (Fsp3) is 0.364. The molecule has 2 heterocycles. The second-order valence-electron chi connectivity index (χ2n) is 3.88. The van der Waals surface area contributed by atoms with Crippen molar-refractivity contribution in [2.24, 2.45) is 7.05 Å². The lowest BCUT2D eigenvalue weighted by Crippen LogP contribution is -2.11. The number of aromatic nitrogens is 4. The Labute approximate surface area is 105 Å². The summed E-state index contributed by atoms with van der Waals surface area (Å²) < 4.78 is 2.00. The van der Waals surface area contributed by atoms with E-state index in [-0.39, 0.29) is 5.95 Å². The van der Waals surface area contributed by atoms with E-state index in [0.29, 0.717) is 11.6 Å². The summed E-state index contributed by atoms with van der Waals surface area (Å²) in [6.07, 6.45) is 4.54. The number of nitrogens with zero attached hydrogens (tertiary/aromatic N) is 4. The molecule has 0 bridgehead atoms. The van der Waals surface area contributed by atoms with Crippen molar-refractivity contribution in [1.82, 2.24) is 19.5 Å². The van der Waals surface area contributed by atoms with Gasteiger partial charge in [-0.3, -0.25) is 0 Å². The smallest absolute Gasteiger partial charge is 0.223 e. The summed E-state index contributed by atoms with van der Waals surface area (Å²) in [6, 6.07) is 1.81. The zero-order valence-electron chi connectivity index (χ0n) is 10.5. The van der Waals surface area contributed by atoms with Crippen molar-refractivity contribution in [1.29, 1.82) is 0 Å². The van der Waals surface area contributed by atoms with Crippen LogP contribution in [-0.2, 0) is 13.5 Å². The molecule has 4 N–H and O–H groups in total. The van der Waals surface area contributed by atoms with Gasteiger partial charge in [-0.05, 0) is 0 Å². The normalized spacial score (nSPS) is 10.3. The lowest BCUT2D eigenvalue weighted by atomic mass is 10.4. The number of nitrogens with two attached hydrogens (primary N) is 1. The van der Waals surface area contributed by atoms with Crippen LogP contribution in [0.15, 0.2) is 18.5 Å². The van der Waals surface area contributed by atoms with Crippen LogP contribution in [0.1, 0.15) is 5.82 Å². The SMILES string of the molecule is CNc1cc(NCCc2nccn2C)nc(N)n1. The van der Waals surface area contributed by atoms with Crippen molar-refractivity contribution in [2.45, 2.75) is 6.42 Å². The molecule has 0 atom stereocenters. The summed E-state index contributed by atoms with van der Waals surface area (Å²) in [6.45, 7) is 0.741. The summed E-state index contributed by atoms with van der Waals surface area (Å²) in [5.41, 5.74) is 5.61. The third kappa shape index (κ3) is 2.88. The summed E-state index contributed by atoms with van der Waals surface area (Å²) in [4.78, 5) is 12.4. The monoisotopic (exact) mass is 247 g/mol. The molecule has 0 radical (unpaired) electrons. The molecule has 2 aromatic heterocycles. The van der Waals surface area contributed by atoms with Crippen molar-refractivity contribution in [2.75, 3.05) is 30.0 Å². The zero-order chi connectivity index (χ0) is 13.0. The maximum absolute atomic E-state index is 5.61. The van der Waals surface area contributed by atoms with Gasteiger partial charge in [-0.1, -0.05) is 0 Å². The number of hydrogen-bond acceptors (Lipinski definition) is 6. The molecule has 0 fully saturated rings. The lowest BCUT2D eigenvalue weighted by Gasteiger charge is -2.08.